The predicted molar refractivity (Wildman–Crippen MR) is 117 cm³/mol. The number of rotatable bonds is 4. The van der Waals surface area contributed by atoms with Crippen molar-refractivity contribution in [2.45, 2.75) is 39.2 Å². The molecule has 1 fully saturated rings. The maximum atomic E-state index is 11.7. The minimum atomic E-state index is -0.234. The van der Waals surface area contributed by atoms with E-state index >= 15 is 0 Å². The number of methoxy groups -OCH3 is 1. The van der Waals surface area contributed by atoms with Crippen molar-refractivity contribution in [3.05, 3.63) is 42.0 Å². The summed E-state index contributed by atoms with van der Waals surface area (Å²) in [5.74, 6) is 1.17. The van der Waals surface area contributed by atoms with Gasteiger partial charge in [0.1, 0.15) is 11.4 Å². The molecule has 1 saturated heterocycles. The first-order valence-corrected chi connectivity index (χ1v) is 10.3. The van der Waals surface area contributed by atoms with Crippen molar-refractivity contribution < 1.29 is 14.3 Å². The van der Waals surface area contributed by atoms with Gasteiger partial charge in [-0.3, -0.25) is 4.79 Å². The van der Waals surface area contributed by atoms with Gasteiger partial charge in [-0.1, -0.05) is 26.0 Å². The van der Waals surface area contributed by atoms with Crippen molar-refractivity contribution in [2.75, 3.05) is 37.0 Å². The largest absolute Gasteiger partial charge is 0.484 e. The van der Waals surface area contributed by atoms with Crippen LogP contribution >= 0.6 is 0 Å². The zero-order chi connectivity index (χ0) is 20.8. The van der Waals surface area contributed by atoms with Crippen LogP contribution in [-0.4, -0.2) is 38.3 Å². The van der Waals surface area contributed by atoms with Gasteiger partial charge < -0.3 is 19.7 Å². The van der Waals surface area contributed by atoms with Gasteiger partial charge in [0.15, 0.2) is 0 Å². The molecule has 154 valence electrons. The Bertz CT molecular complexity index is 930. The van der Waals surface area contributed by atoms with Crippen molar-refractivity contribution in [2.24, 2.45) is 5.92 Å². The van der Waals surface area contributed by atoms with Crippen LogP contribution in [0.15, 0.2) is 36.4 Å². The maximum absolute atomic E-state index is 11.7. The lowest BCUT2D eigenvalue weighted by atomic mass is 9.92. The Hall–Kier alpha value is -2.69. The van der Waals surface area contributed by atoms with Crippen LogP contribution in [0.25, 0.3) is 11.1 Å². The third-order valence-corrected chi connectivity index (χ3v) is 5.81. The van der Waals surface area contributed by atoms with Gasteiger partial charge >= 0.3 is 5.97 Å². The molecule has 5 heteroatoms. The number of hydrogen-bond acceptors (Lipinski definition) is 5. The lowest BCUT2D eigenvalue weighted by Crippen LogP contribution is -2.50. The number of esters is 1. The third kappa shape index (κ3) is 3.78. The van der Waals surface area contributed by atoms with E-state index in [2.05, 4.69) is 74.3 Å². The van der Waals surface area contributed by atoms with Crippen molar-refractivity contribution in [3.63, 3.8) is 0 Å². The summed E-state index contributed by atoms with van der Waals surface area (Å²) >= 11 is 0. The van der Waals surface area contributed by atoms with Gasteiger partial charge in [-0.25, -0.2) is 0 Å². The minimum absolute atomic E-state index is 0.0296. The molecule has 4 rings (SSSR count). The molecular formula is C24H30N2O3. The molecule has 29 heavy (non-hydrogen) atoms. The Balaban J connectivity index is 1.68. The summed E-state index contributed by atoms with van der Waals surface area (Å²) in [7, 11) is 1.45. The van der Waals surface area contributed by atoms with Gasteiger partial charge in [-0.15, -0.1) is 0 Å². The Morgan fingerprint density at radius 1 is 1.24 bits per heavy atom. The lowest BCUT2D eigenvalue weighted by molar-refractivity contribution is -0.146. The maximum Gasteiger partial charge on any atom is 0.312 e. The molecule has 2 aromatic rings. The number of nitrogens with one attached hydrogen (secondary N) is 1. The minimum Gasteiger partial charge on any atom is -0.484 e. The molecule has 2 aliphatic heterocycles. The van der Waals surface area contributed by atoms with Gasteiger partial charge in [0.2, 0.25) is 0 Å². The molecule has 0 unspecified atom stereocenters. The molecule has 0 amide bonds. The molecule has 0 radical (unpaired) electrons. The number of benzene rings is 2. The van der Waals surface area contributed by atoms with Crippen LogP contribution in [0.5, 0.6) is 5.75 Å². The van der Waals surface area contributed by atoms with Crippen molar-refractivity contribution in [1.29, 1.82) is 0 Å². The van der Waals surface area contributed by atoms with Gasteiger partial charge in [0.05, 0.1) is 25.3 Å². The third-order valence-electron chi connectivity index (χ3n) is 5.81. The molecule has 0 aliphatic carbocycles. The second-order valence-corrected chi connectivity index (χ2v) is 8.99. The topological polar surface area (TPSA) is 50.8 Å². The molecule has 5 nitrogen and oxygen atoms in total. The van der Waals surface area contributed by atoms with Gasteiger partial charge in [-0.2, -0.15) is 0 Å². The van der Waals surface area contributed by atoms with E-state index in [4.69, 9.17) is 9.47 Å². The number of nitrogens with zero attached hydrogens (tertiary/aromatic N) is 1. The molecule has 2 heterocycles. The zero-order valence-corrected chi connectivity index (χ0v) is 17.9. The summed E-state index contributed by atoms with van der Waals surface area (Å²) in [5, 5.41) is 3.59. The first-order valence-electron chi connectivity index (χ1n) is 10.3. The van der Waals surface area contributed by atoms with Crippen molar-refractivity contribution >= 4 is 17.3 Å². The number of carbonyl (C=O) groups excluding carboxylic acids is 1. The Morgan fingerprint density at radius 3 is 2.69 bits per heavy atom. The monoisotopic (exact) mass is 394 g/mol. The van der Waals surface area contributed by atoms with Crippen LogP contribution in [0.1, 0.15) is 39.2 Å². The normalized spacial score (nSPS) is 17.8. The number of carbonyl (C=O) groups is 1. The SMILES string of the molecule is COC(=O)C1CN(c2cccc(-c3cc(C(C)C)cc4c3NCC(C)(C)O4)c2)C1. The van der Waals surface area contributed by atoms with E-state index in [0.717, 1.165) is 34.8 Å². The van der Waals surface area contributed by atoms with E-state index in [0.29, 0.717) is 19.0 Å². The van der Waals surface area contributed by atoms with E-state index in [-0.39, 0.29) is 17.5 Å². The smallest absolute Gasteiger partial charge is 0.312 e. The quantitative estimate of drug-likeness (QED) is 0.764. The molecule has 0 bridgehead atoms. The van der Waals surface area contributed by atoms with Crippen LogP contribution in [0.4, 0.5) is 11.4 Å². The summed E-state index contributed by atoms with van der Waals surface area (Å²) in [4.78, 5) is 13.9. The highest BCUT2D eigenvalue weighted by Gasteiger charge is 2.34. The van der Waals surface area contributed by atoms with E-state index in [1.807, 2.05) is 0 Å². The molecule has 2 aliphatic rings. The fourth-order valence-corrected chi connectivity index (χ4v) is 3.97. The highest BCUT2D eigenvalue weighted by Crippen LogP contribution is 2.43. The summed E-state index contributed by atoms with van der Waals surface area (Å²) < 4.78 is 11.2. The van der Waals surface area contributed by atoms with E-state index < -0.39 is 0 Å². The summed E-state index contributed by atoms with van der Waals surface area (Å²) in [5.41, 5.74) is 5.53. The van der Waals surface area contributed by atoms with Crippen molar-refractivity contribution in [3.8, 4) is 16.9 Å². The van der Waals surface area contributed by atoms with Crippen LogP contribution < -0.4 is 15.0 Å². The van der Waals surface area contributed by atoms with E-state index in [1.54, 1.807) is 0 Å². The Morgan fingerprint density at radius 2 is 2.00 bits per heavy atom. The van der Waals surface area contributed by atoms with Crippen LogP contribution in [0.3, 0.4) is 0 Å². The second kappa shape index (κ2) is 7.29. The van der Waals surface area contributed by atoms with Crippen LogP contribution in [-0.2, 0) is 9.53 Å². The first kappa shape index (κ1) is 19.6. The average molecular weight is 395 g/mol. The lowest BCUT2D eigenvalue weighted by Gasteiger charge is -2.39. The second-order valence-electron chi connectivity index (χ2n) is 8.99. The fraction of sp³-hybridized carbons (Fsp3) is 0.458. The molecule has 0 aromatic heterocycles. The highest BCUT2D eigenvalue weighted by molar-refractivity contribution is 5.85. The Labute approximate surface area is 173 Å². The number of fused-ring (bicyclic) bond motifs is 1. The zero-order valence-electron chi connectivity index (χ0n) is 17.9. The van der Waals surface area contributed by atoms with E-state index in [9.17, 15) is 4.79 Å². The van der Waals surface area contributed by atoms with Crippen molar-refractivity contribution in [1.82, 2.24) is 0 Å². The van der Waals surface area contributed by atoms with Gasteiger partial charge in [0, 0.05) is 24.3 Å². The first-order chi connectivity index (χ1) is 13.8. The average Bonchev–Trinajstić information content (AvgIpc) is 2.65. The Kier molecular flexibility index (Phi) is 4.93. The standard InChI is InChI=1S/C24H30N2O3/c1-15(2)17-10-20(22-21(11-17)29-24(3,4)14-25-22)16-7-6-8-19(9-16)26-12-18(13-26)23(27)28-5/h6-11,15,18,25H,12-14H2,1-5H3. The van der Waals surface area contributed by atoms with Crippen LogP contribution in [0, 0.1) is 5.92 Å². The predicted octanol–water partition coefficient (Wildman–Crippen LogP) is 4.67. The molecular weight excluding hydrogens is 364 g/mol. The van der Waals surface area contributed by atoms with Gasteiger partial charge in [-0.05, 0) is 55.2 Å². The molecule has 1 N–H and O–H groups in total. The molecule has 2 aromatic carbocycles. The van der Waals surface area contributed by atoms with E-state index in [1.165, 1.54) is 12.7 Å². The highest BCUT2D eigenvalue weighted by atomic mass is 16.5. The number of hydrogen-bond donors (Lipinski definition) is 1. The molecule has 0 spiro atoms. The fourth-order valence-electron chi connectivity index (χ4n) is 3.97. The van der Waals surface area contributed by atoms with Crippen LogP contribution in [0.2, 0.25) is 0 Å². The molecule has 0 saturated carbocycles. The molecule has 0 atom stereocenters. The van der Waals surface area contributed by atoms with Gasteiger partial charge in [0.25, 0.3) is 0 Å². The number of anilines is 2. The summed E-state index contributed by atoms with van der Waals surface area (Å²) in [6.07, 6.45) is 0. The summed E-state index contributed by atoms with van der Waals surface area (Å²) in [6, 6.07) is 13.0. The number of ether oxygens (including phenoxy) is 2. The summed E-state index contributed by atoms with van der Waals surface area (Å²) in [6.45, 7) is 10.8.